The molecule has 0 radical (unpaired) electrons. The third-order valence-electron chi connectivity index (χ3n) is 2.91. The zero-order chi connectivity index (χ0) is 15.7. The molecule has 7 heteroatoms. The Morgan fingerprint density at radius 3 is 2.71 bits per heavy atom. The van der Waals surface area contributed by atoms with Gasteiger partial charge in [-0.25, -0.2) is 14.2 Å². The highest BCUT2D eigenvalue weighted by Crippen LogP contribution is 2.36. The van der Waals surface area contributed by atoms with Crippen molar-refractivity contribution in [2.45, 2.75) is 44.8 Å². The van der Waals surface area contributed by atoms with E-state index in [-0.39, 0.29) is 11.2 Å². The molecule has 1 aromatic heterocycles. The highest BCUT2D eigenvalue weighted by atomic mass is 79.9. The van der Waals surface area contributed by atoms with Crippen LogP contribution in [0, 0.1) is 5.82 Å². The Kier molecular flexibility index (Phi) is 4.41. The molecule has 1 N–H and O–H groups in total. The minimum Gasteiger partial charge on any atom is -0.489 e. The van der Waals surface area contributed by atoms with Crippen LogP contribution in [-0.2, 0) is 4.74 Å². The summed E-state index contributed by atoms with van der Waals surface area (Å²) in [6.45, 7) is 5.67. The van der Waals surface area contributed by atoms with Gasteiger partial charge in [0.05, 0.1) is 11.7 Å². The van der Waals surface area contributed by atoms with Crippen molar-refractivity contribution in [3.8, 4) is 5.75 Å². The number of halogens is 2. The van der Waals surface area contributed by atoms with E-state index in [1.807, 2.05) is 0 Å². The smallest absolute Gasteiger partial charge is 0.408 e. The lowest BCUT2D eigenvalue weighted by Gasteiger charge is -2.23. The van der Waals surface area contributed by atoms with Gasteiger partial charge in [-0.3, -0.25) is 0 Å². The molecule has 2 rings (SSSR count). The normalized spacial score (nSPS) is 16.2. The van der Waals surface area contributed by atoms with E-state index in [0.717, 1.165) is 12.8 Å². The summed E-state index contributed by atoms with van der Waals surface area (Å²) in [6, 6.07) is 1.25. The fraction of sp³-hybridized carbons (Fsp3) is 0.571. The van der Waals surface area contributed by atoms with Crippen molar-refractivity contribution >= 4 is 22.0 Å². The largest absolute Gasteiger partial charge is 0.489 e. The zero-order valence-corrected chi connectivity index (χ0v) is 13.8. The van der Waals surface area contributed by atoms with Gasteiger partial charge in [-0.1, -0.05) is 0 Å². The van der Waals surface area contributed by atoms with Crippen molar-refractivity contribution < 1.29 is 18.7 Å². The second-order valence-corrected chi connectivity index (χ2v) is 6.89. The van der Waals surface area contributed by atoms with E-state index in [0.29, 0.717) is 5.75 Å². The van der Waals surface area contributed by atoms with Crippen LogP contribution < -0.4 is 10.1 Å². The number of carbonyl (C=O) groups excluding carboxylic acids is 1. The lowest BCUT2D eigenvalue weighted by molar-refractivity contribution is 0.0477. The number of aromatic nitrogens is 1. The molecule has 1 aromatic rings. The Morgan fingerprint density at radius 1 is 1.52 bits per heavy atom. The molecule has 0 bridgehead atoms. The van der Waals surface area contributed by atoms with E-state index in [1.54, 1.807) is 20.8 Å². The summed E-state index contributed by atoms with van der Waals surface area (Å²) in [4.78, 5) is 15.6. The van der Waals surface area contributed by atoms with Crippen molar-refractivity contribution in [1.29, 1.82) is 0 Å². The van der Waals surface area contributed by atoms with Gasteiger partial charge in [0.15, 0.2) is 5.82 Å². The summed E-state index contributed by atoms with van der Waals surface area (Å²) < 4.78 is 24.2. The van der Waals surface area contributed by atoms with E-state index in [1.165, 1.54) is 12.3 Å². The molecule has 5 nitrogen and oxygen atoms in total. The van der Waals surface area contributed by atoms with Gasteiger partial charge in [-0.15, -0.1) is 0 Å². The van der Waals surface area contributed by atoms with Crippen LogP contribution >= 0.6 is 15.9 Å². The monoisotopic (exact) mass is 360 g/mol. The number of ether oxygens (including phenoxy) is 2. The Hall–Kier alpha value is -1.37. The number of rotatable bonds is 4. The lowest BCUT2D eigenvalue weighted by Crippen LogP contribution is -2.44. The van der Waals surface area contributed by atoms with E-state index < -0.39 is 23.1 Å². The third-order valence-corrected chi connectivity index (χ3v) is 3.49. The Labute approximate surface area is 131 Å². The number of hydrogen-bond acceptors (Lipinski definition) is 4. The summed E-state index contributed by atoms with van der Waals surface area (Å²) in [7, 11) is 0. The van der Waals surface area contributed by atoms with Crippen LogP contribution in [0.25, 0.3) is 0 Å². The second-order valence-electron chi connectivity index (χ2n) is 6.14. The van der Waals surface area contributed by atoms with Gasteiger partial charge in [0.1, 0.15) is 22.6 Å². The van der Waals surface area contributed by atoms with Crippen molar-refractivity contribution in [2.24, 2.45) is 0 Å². The first-order valence-electron chi connectivity index (χ1n) is 6.64. The first-order chi connectivity index (χ1) is 9.69. The topological polar surface area (TPSA) is 60.5 Å². The fourth-order valence-corrected chi connectivity index (χ4v) is 1.90. The van der Waals surface area contributed by atoms with Crippen LogP contribution in [0.15, 0.2) is 16.9 Å². The average molecular weight is 361 g/mol. The van der Waals surface area contributed by atoms with E-state index >= 15 is 0 Å². The SMILES string of the molecule is CC(C)(C)OC(=O)NC1(COc2cnc(Br)c(F)c2)CC1. The van der Waals surface area contributed by atoms with E-state index in [2.05, 4.69) is 26.2 Å². The summed E-state index contributed by atoms with van der Waals surface area (Å²) in [5.74, 6) is -0.162. The van der Waals surface area contributed by atoms with Crippen molar-refractivity contribution in [1.82, 2.24) is 10.3 Å². The number of amides is 1. The Bertz CT molecular complexity index is 542. The summed E-state index contributed by atoms with van der Waals surface area (Å²) in [6.07, 6.45) is 2.57. The van der Waals surface area contributed by atoms with Gasteiger partial charge in [0.2, 0.25) is 0 Å². The number of pyridine rings is 1. The molecular weight excluding hydrogens is 343 g/mol. The summed E-state index contributed by atoms with van der Waals surface area (Å²) in [5, 5.41) is 2.81. The molecule has 0 saturated heterocycles. The van der Waals surface area contributed by atoms with Crippen molar-refractivity contribution in [3.05, 3.63) is 22.7 Å². The molecule has 1 heterocycles. The maximum absolute atomic E-state index is 13.3. The van der Waals surface area contributed by atoms with Crippen molar-refractivity contribution in [2.75, 3.05) is 6.61 Å². The molecule has 1 aliphatic carbocycles. The molecule has 0 aromatic carbocycles. The lowest BCUT2D eigenvalue weighted by atomic mass is 10.2. The zero-order valence-electron chi connectivity index (χ0n) is 12.2. The molecule has 116 valence electrons. The van der Waals surface area contributed by atoms with Crippen molar-refractivity contribution in [3.63, 3.8) is 0 Å². The first kappa shape index (κ1) is 16.0. The van der Waals surface area contributed by atoms with Gasteiger partial charge in [-0.2, -0.15) is 0 Å². The molecule has 0 aliphatic heterocycles. The molecule has 0 atom stereocenters. The van der Waals surface area contributed by atoms with Gasteiger partial charge < -0.3 is 14.8 Å². The number of alkyl carbamates (subject to hydrolysis) is 1. The molecular formula is C14H18BrFN2O3. The van der Waals surface area contributed by atoms with Gasteiger partial charge in [0, 0.05) is 6.07 Å². The highest BCUT2D eigenvalue weighted by molar-refractivity contribution is 9.10. The minimum atomic E-state index is -0.542. The molecule has 1 aliphatic rings. The Morgan fingerprint density at radius 2 is 2.19 bits per heavy atom. The number of carbonyl (C=O) groups is 1. The Balaban J connectivity index is 1.87. The number of hydrogen-bond donors (Lipinski definition) is 1. The highest BCUT2D eigenvalue weighted by Gasteiger charge is 2.46. The molecule has 0 unspecified atom stereocenters. The van der Waals surface area contributed by atoms with Crippen LogP contribution in [0.2, 0.25) is 0 Å². The van der Waals surface area contributed by atoms with E-state index in [4.69, 9.17) is 9.47 Å². The number of nitrogens with one attached hydrogen (secondary N) is 1. The molecule has 1 fully saturated rings. The summed E-state index contributed by atoms with van der Waals surface area (Å²) >= 11 is 2.98. The average Bonchev–Trinajstić information content (AvgIpc) is 3.08. The predicted octanol–water partition coefficient (Wildman–Crippen LogP) is 3.42. The number of nitrogens with zero attached hydrogens (tertiary/aromatic N) is 1. The summed E-state index contributed by atoms with van der Waals surface area (Å²) in [5.41, 5.74) is -0.967. The standard InChI is InChI=1S/C14H18BrFN2O3/c1-13(2,3)21-12(19)18-14(4-5-14)8-20-9-6-10(16)11(15)17-7-9/h6-7H,4-5,8H2,1-3H3,(H,18,19). The van der Waals surface area contributed by atoms with Crippen LogP contribution in [0.3, 0.4) is 0 Å². The fourth-order valence-electron chi connectivity index (χ4n) is 1.68. The van der Waals surface area contributed by atoms with Gasteiger partial charge in [0.25, 0.3) is 0 Å². The van der Waals surface area contributed by atoms with Crippen LogP contribution in [0.5, 0.6) is 5.75 Å². The van der Waals surface area contributed by atoms with Gasteiger partial charge >= 0.3 is 6.09 Å². The quantitative estimate of drug-likeness (QED) is 0.835. The maximum atomic E-state index is 13.3. The van der Waals surface area contributed by atoms with E-state index in [9.17, 15) is 9.18 Å². The third kappa shape index (κ3) is 4.84. The van der Waals surface area contributed by atoms with Crippen LogP contribution in [-0.4, -0.2) is 28.8 Å². The van der Waals surface area contributed by atoms with Crippen LogP contribution in [0.4, 0.5) is 9.18 Å². The predicted molar refractivity (Wildman–Crippen MR) is 78.7 cm³/mol. The second kappa shape index (κ2) is 5.79. The molecule has 1 saturated carbocycles. The minimum absolute atomic E-state index is 0.142. The van der Waals surface area contributed by atoms with Gasteiger partial charge in [-0.05, 0) is 49.5 Å². The van der Waals surface area contributed by atoms with Crippen LogP contribution in [0.1, 0.15) is 33.6 Å². The molecule has 1 amide bonds. The first-order valence-corrected chi connectivity index (χ1v) is 7.43. The molecule has 21 heavy (non-hydrogen) atoms. The maximum Gasteiger partial charge on any atom is 0.408 e. The molecule has 0 spiro atoms.